The largest absolute Gasteiger partial charge is 0.330 e. The summed E-state index contributed by atoms with van der Waals surface area (Å²) in [6, 6.07) is 9.54. The Balaban J connectivity index is 1.54. The van der Waals surface area contributed by atoms with Crippen LogP contribution in [0.1, 0.15) is 11.3 Å². The Bertz CT molecular complexity index is 962. The molecule has 0 radical (unpaired) electrons. The van der Waals surface area contributed by atoms with Gasteiger partial charge in [0.1, 0.15) is 0 Å². The minimum atomic E-state index is -0.237. The maximum atomic E-state index is 12.1. The molecule has 1 aromatic carbocycles. The molecule has 2 N–H and O–H groups in total. The summed E-state index contributed by atoms with van der Waals surface area (Å²) >= 11 is 14.7. The fourth-order valence-corrected chi connectivity index (χ4v) is 4.00. The van der Waals surface area contributed by atoms with Crippen molar-refractivity contribution in [3.05, 3.63) is 51.6 Å². The molecule has 0 unspecified atom stereocenters. The monoisotopic (exact) mass is 439 g/mol. The van der Waals surface area contributed by atoms with Gasteiger partial charge < -0.3 is 10.6 Å². The zero-order chi connectivity index (χ0) is 19.4. The number of hydrogen-bond acceptors (Lipinski definition) is 7. The molecule has 10 heteroatoms. The number of hydrogen-bond donors (Lipinski definition) is 2. The number of amides is 1. The first kappa shape index (κ1) is 19.9. The Labute approximate surface area is 174 Å². The van der Waals surface area contributed by atoms with E-state index in [2.05, 4.69) is 25.8 Å². The van der Waals surface area contributed by atoms with Crippen LogP contribution in [0.4, 0.5) is 16.6 Å². The maximum absolute atomic E-state index is 12.1. The Morgan fingerprint density at radius 3 is 2.63 bits per heavy atom. The molecule has 1 amide bonds. The van der Waals surface area contributed by atoms with Crippen molar-refractivity contribution in [1.29, 1.82) is 0 Å². The third-order valence-electron chi connectivity index (χ3n) is 3.40. The summed E-state index contributed by atoms with van der Waals surface area (Å²) in [4.78, 5) is 16.3. The van der Waals surface area contributed by atoms with E-state index in [0.29, 0.717) is 31.0 Å². The van der Waals surface area contributed by atoms with Gasteiger partial charge in [-0.25, -0.2) is 4.98 Å². The number of nitrogens with zero attached hydrogens (tertiary/aromatic N) is 3. The van der Waals surface area contributed by atoms with Gasteiger partial charge in [-0.2, -0.15) is 0 Å². The third-order valence-corrected chi connectivity index (χ3v) is 6.04. The molecular weight excluding hydrogens is 425 g/mol. The van der Waals surface area contributed by atoms with Crippen LogP contribution in [0.25, 0.3) is 0 Å². The second-order valence-corrected chi connectivity index (χ2v) is 8.60. The van der Waals surface area contributed by atoms with Gasteiger partial charge in [0.2, 0.25) is 11.0 Å². The van der Waals surface area contributed by atoms with Crippen molar-refractivity contribution in [2.45, 2.75) is 18.2 Å². The average molecular weight is 440 g/mol. The summed E-state index contributed by atoms with van der Waals surface area (Å²) in [5, 5.41) is 15.5. The van der Waals surface area contributed by atoms with Crippen LogP contribution < -0.4 is 10.6 Å². The minimum absolute atomic E-state index is 0.166. The van der Waals surface area contributed by atoms with Crippen molar-refractivity contribution in [3.63, 3.8) is 0 Å². The zero-order valence-corrected chi connectivity index (χ0v) is 17.6. The molecule has 2 heterocycles. The number of nitrogens with one attached hydrogen (secondary N) is 2. The zero-order valence-electron chi connectivity index (χ0n) is 14.4. The first-order chi connectivity index (χ1) is 12.9. The van der Waals surface area contributed by atoms with Gasteiger partial charge in [0.15, 0.2) is 10.2 Å². The van der Waals surface area contributed by atoms with E-state index in [9.17, 15) is 4.79 Å². The predicted octanol–water partition coefficient (Wildman–Crippen LogP) is 5.33. The molecule has 2 aromatic heterocycles. The molecule has 3 rings (SSSR count). The number of rotatable bonds is 6. The standard InChI is InChI=1S/C17H15Cl2N5OS2/c1-9-3-5-11(6-4-9)21-16-23-24-17(27-16)26-8-14(25)22-15-13(19)7-12(18)10(2)20-15/h3-7H,8H2,1-2H3,(H,21,23)(H,20,22,25). The molecule has 6 nitrogen and oxygen atoms in total. The molecule has 0 aliphatic rings. The van der Waals surface area contributed by atoms with Crippen LogP contribution >= 0.6 is 46.3 Å². The first-order valence-electron chi connectivity index (χ1n) is 7.83. The summed E-state index contributed by atoms with van der Waals surface area (Å²) in [6.45, 7) is 3.77. The molecule has 3 aromatic rings. The third kappa shape index (κ3) is 5.55. The van der Waals surface area contributed by atoms with Crippen LogP contribution in [0.3, 0.4) is 0 Å². The normalized spacial score (nSPS) is 10.7. The number of halogens is 2. The lowest BCUT2D eigenvalue weighted by atomic mass is 10.2. The van der Waals surface area contributed by atoms with Gasteiger partial charge in [-0.15, -0.1) is 10.2 Å². The second-order valence-electron chi connectivity index (χ2n) is 5.59. The van der Waals surface area contributed by atoms with Gasteiger partial charge in [0.25, 0.3) is 0 Å². The second kappa shape index (κ2) is 8.88. The van der Waals surface area contributed by atoms with Crippen molar-refractivity contribution in [2.75, 3.05) is 16.4 Å². The van der Waals surface area contributed by atoms with Crippen molar-refractivity contribution in [1.82, 2.24) is 15.2 Å². The van der Waals surface area contributed by atoms with E-state index in [1.807, 2.05) is 31.2 Å². The number of carbonyl (C=O) groups excluding carboxylic acids is 1. The Kier molecular flexibility index (Phi) is 6.54. The fraction of sp³-hybridized carbons (Fsp3) is 0.176. The lowest BCUT2D eigenvalue weighted by Crippen LogP contribution is -2.15. The van der Waals surface area contributed by atoms with Gasteiger partial charge >= 0.3 is 0 Å². The highest BCUT2D eigenvalue weighted by atomic mass is 35.5. The quantitative estimate of drug-likeness (QED) is 0.505. The van der Waals surface area contributed by atoms with E-state index in [4.69, 9.17) is 23.2 Å². The van der Waals surface area contributed by atoms with Crippen LogP contribution in [-0.2, 0) is 4.79 Å². The van der Waals surface area contributed by atoms with Crippen molar-refractivity contribution in [3.8, 4) is 0 Å². The summed E-state index contributed by atoms with van der Waals surface area (Å²) in [5.41, 5.74) is 2.72. The van der Waals surface area contributed by atoms with Crippen molar-refractivity contribution < 1.29 is 4.79 Å². The van der Waals surface area contributed by atoms with Crippen LogP contribution in [0, 0.1) is 13.8 Å². The smallest absolute Gasteiger partial charge is 0.236 e. The number of aromatic nitrogens is 3. The molecule has 140 valence electrons. The molecule has 27 heavy (non-hydrogen) atoms. The Morgan fingerprint density at radius 1 is 1.15 bits per heavy atom. The van der Waals surface area contributed by atoms with Gasteiger partial charge in [0, 0.05) is 5.69 Å². The van der Waals surface area contributed by atoms with E-state index in [1.54, 1.807) is 13.0 Å². The average Bonchev–Trinajstić information content (AvgIpc) is 3.07. The number of aryl methyl sites for hydroxylation is 2. The van der Waals surface area contributed by atoms with Crippen molar-refractivity contribution >= 4 is 68.8 Å². The number of thioether (sulfide) groups is 1. The van der Waals surface area contributed by atoms with Gasteiger partial charge in [-0.1, -0.05) is 64.0 Å². The van der Waals surface area contributed by atoms with Crippen LogP contribution in [0.2, 0.25) is 10.0 Å². The molecule has 0 saturated heterocycles. The van der Waals surface area contributed by atoms with Gasteiger partial charge in [0.05, 0.1) is 21.5 Å². The predicted molar refractivity (Wildman–Crippen MR) is 113 cm³/mol. The molecule has 0 atom stereocenters. The van der Waals surface area contributed by atoms with E-state index >= 15 is 0 Å². The molecule has 0 bridgehead atoms. The number of carbonyl (C=O) groups is 1. The summed E-state index contributed by atoms with van der Waals surface area (Å²) in [5.74, 6) is 0.223. The van der Waals surface area contributed by atoms with E-state index in [-0.39, 0.29) is 11.7 Å². The van der Waals surface area contributed by atoms with E-state index in [1.165, 1.54) is 28.7 Å². The molecule has 0 spiro atoms. The Morgan fingerprint density at radius 2 is 1.89 bits per heavy atom. The van der Waals surface area contributed by atoms with Crippen LogP contribution in [-0.4, -0.2) is 26.8 Å². The lowest BCUT2D eigenvalue weighted by Gasteiger charge is -2.07. The number of anilines is 3. The first-order valence-corrected chi connectivity index (χ1v) is 10.4. The van der Waals surface area contributed by atoms with Crippen LogP contribution in [0.15, 0.2) is 34.7 Å². The molecular formula is C17H15Cl2N5OS2. The van der Waals surface area contributed by atoms with E-state index in [0.717, 1.165) is 5.69 Å². The van der Waals surface area contributed by atoms with Crippen LogP contribution in [0.5, 0.6) is 0 Å². The van der Waals surface area contributed by atoms with E-state index < -0.39 is 0 Å². The van der Waals surface area contributed by atoms with Crippen molar-refractivity contribution in [2.24, 2.45) is 0 Å². The SMILES string of the molecule is Cc1ccc(Nc2nnc(SCC(=O)Nc3nc(C)c(Cl)cc3Cl)s2)cc1. The summed E-state index contributed by atoms with van der Waals surface area (Å²) < 4.78 is 0.686. The minimum Gasteiger partial charge on any atom is -0.330 e. The number of benzene rings is 1. The highest BCUT2D eigenvalue weighted by Gasteiger charge is 2.12. The summed E-state index contributed by atoms with van der Waals surface area (Å²) in [7, 11) is 0. The van der Waals surface area contributed by atoms with Gasteiger partial charge in [-0.05, 0) is 32.0 Å². The molecule has 0 aliphatic carbocycles. The topological polar surface area (TPSA) is 79.8 Å². The summed E-state index contributed by atoms with van der Waals surface area (Å²) in [6.07, 6.45) is 0. The maximum Gasteiger partial charge on any atom is 0.236 e. The number of pyridine rings is 1. The molecule has 0 saturated carbocycles. The lowest BCUT2D eigenvalue weighted by molar-refractivity contribution is -0.113. The highest BCUT2D eigenvalue weighted by Crippen LogP contribution is 2.29. The molecule has 0 aliphatic heterocycles. The Hall–Kier alpha value is -1.87. The fourth-order valence-electron chi connectivity index (χ4n) is 2.02. The molecule has 0 fully saturated rings. The highest BCUT2D eigenvalue weighted by molar-refractivity contribution is 8.01. The van der Waals surface area contributed by atoms with Gasteiger partial charge in [-0.3, -0.25) is 4.79 Å².